The van der Waals surface area contributed by atoms with E-state index in [9.17, 15) is 26.0 Å². The SMILES string of the molecule is O=C(O)C(F)(F)F.O=S(=O)(c1ccc(F)cc1)N1CC[C@H]2[C@H]1CCN2c1ncccn1. The molecule has 0 amide bonds. The van der Waals surface area contributed by atoms with Gasteiger partial charge in [0.15, 0.2) is 0 Å². The number of fused-ring (bicyclic) bond motifs is 1. The lowest BCUT2D eigenvalue weighted by Gasteiger charge is -2.25. The molecule has 4 rings (SSSR count). The normalized spacial score (nSPS) is 21.4. The molecule has 2 aliphatic rings. The van der Waals surface area contributed by atoms with Crippen LogP contribution in [0, 0.1) is 5.82 Å². The number of rotatable bonds is 3. The molecule has 2 atom stereocenters. The van der Waals surface area contributed by atoms with Crippen LogP contribution in [0.15, 0.2) is 47.6 Å². The van der Waals surface area contributed by atoms with E-state index in [2.05, 4.69) is 14.9 Å². The van der Waals surface area contributed by atoms with Crippen molar-refractivity contribution in [1.82, 2.24) is 14.3 Å². The van der Waals surface area contributed by atoms with Gasteiger partial charge >= 0.3 is 12.1 Å². The summed E-state index contributed by atoms with van der Waals surface area (Å²) < 4.78 is 72.1. The number of carbonyl (C=O) groups is 1. The third-order valence-electron chi connectivity index (χ3n) is 5.00. The van der Waals surface area contributed by atoms with Gasteiger partial charge in [0.2, 0.25) is 16.0 Å². The summed E-state index contributed by atoms with van der Waals surface area (Å²) in [5.41, 5.74) is 0. The van der Waals surface area contributed by atoms with Gasteiger partial charge < -0.3 is 10.0 Å². The molecule has 1 N–H and O–H groups in total. The van der Waals surface area contributed by atoms with Gasteiger partial charge in [-0.25, -0.2) is 27.6 Å². The van der Waals surface area contributed by atoms with E-state index in [0.717, 1.165) is 19.4 Å². The molecule has 1 aromatic heterocycles. The molecule has 0 bridgehead atoms. The molecule has 3 heterocycles. The minimum Gasteiger partial charge on any atom is -0.475 e. The van der Waals surface area contributed by atoms with Crippen molar-refractivity contribution in [3.05, 3.63) is 48.5 Å². The van der Waals surface area contributed by atoms with Gasteiger partial charge in [-0.05, 0) is 43.2 Å². The number of carboxylic acids is 1. The van der Waals surface area contributed by atoms with Crippen molar-refractivity contribution in [2.45, 2.75) is 36.0 Å². The first-order chi connectivity index (χ1) is 14.5. The predicted molar refractivity (Wildman–Crippen MR) is 100 cm³/mol. The smallest absolute Gasteiger partial charge is 0.475 e. The second-order valence-corrected chi connectivity index (χ2v) is 8.72. The molecule has 13 heteroatoms. The van der Waals surface area contributed by atoms with Gasteiger partial charge in [-0.15, -0.1) is 0 Å². The molecule has 168 valence electrons. The molecule has 2 fully saturated rings. The number of hydrogen-bond acceptors (Lipinski definition) is 6. The number of hydrogen-bond donors (Lipinski definition) is 1. The summed E-state index contributed by atoms with van der Waals surface area (Å²) in [5.74, 6) is -2.56. The van der Waals surface area contributed by atoms with Crippen LogP contribution in [0.4, 0.5) is 23.5 Å². The minimum atomic E-state index is -5.08. The van der Waals surface area contributed by atoms with Crippen LogP contribution in [0.1, 0.15) is 12.8 Å². The molecule has 0 unspecified atom stereocenters. The summed E-state index contributed by atoms with van der Waals surface area (Å²) >= 11 is 0. The van der Waals surface area contributed by atoms with Crippen molar-refractivity contribution in [3.63, 3.8) is 0 Å². The Morgan fingerprint density at radius 2 is 1.58 bits per heavy atom. The van der Waals surface area contributed by atoms with Crippen LogP contribution in [-0.2, 0) is 14.8 Å². The van der Waals surface area contributed by atoms with E-state index in [1.165, 1.54) is 24.3 Å². The molecule has 0 aliphatic carbocycles. The maximum atomic E-state index is 13.1. The van der Waals surface area contributed by atoms with Crippen LogP contribution in [-0.4, -0.2) is 65.1 Å². The number of alkyl halides is 3. The van der Waals surface area contributed by atoms with Gasteiger partial charge in [0, 0.05) is 37.6 Å². The Morgan fingerprint density at radius 1 is 1.03 bits per heavy atom. The lowest BCUT2D eigenvalue weighted by atomic mass is 10.1. The maximum Gasteiger partial charge on any atom is 0.490 e. The zero-order valence-electron chi connectivity index (χ0n) is 15.9. The van der Waals surface area contributed by atoms with Gasteiger partial charge in [0.05, 0.1) is 4.90 Å². The van der Waals surface area contributed by atoms with E-state index < -0.39 is 28.0 Å². The summed E-state index contributed by atoms with van der Waals surface area (Å²) in [6, 6.07) is 6.76. The number of carboxylic acid groups (broad SMARTS) is 1. The second-order valence-electron chi connectivity index (χ2n) is 6.83. The van der Waals surface area contributed by atoms with Gasteiger partial charge in [-0.3, -0.25) is 0 Å². The monoisotopic (exact) mass is 462 g/mol. The highest BCUT2D eigenvalue weighted by atomic mass is 32.2. The average Bonchev–Trinajstić information content (AvgIpc) is 3.31. The lowest BCUT2D eigenvalue weighted by molar-refractivity contribution is -0.192. The van der Waals surface area contributed by atoms with Crippen LogP contribution < -0.4 is 4.90 Å². The van der Waals surface area contributed by atoms with E-state index in [-0.39, 0.29) is 17.0 Å². The maximum absolute atomic E-state index is 13.1. The standard InChI is InChI=1S/C16H17FN4O2S.C2HF3O2/c17-12-2-4-13(5-3-12)24(22,23)21-11-7-14-15(21)6-10-20(14)16-18-8-1-9-19-16;3-2(4,5)1(6)7/h1-5,8-9,14-15H,6-7,10-11H2;(H,6,7)/t14-,15+;/m0./s1. The van der Waals surface area contributed by atoms with Crippen molar-refractivity contribution < 1.29 is 35.9 Å². The van der Waals surface area contributed by atoms with Crippen molar-refractivity contribution in [3.8, 4) is 0 Å². The summed E-state index contributed by atoms with van der Waals surface area (Å²) in [4.78, 5) is 19.7. The Kier molecular flexibility index (Phi) is 6.46. The molecule has 2 aromatic rings. The van der Waals surface area contributed by atoms with Crippen LogP contribution in [0.5, 0.6) is 0 Å². The van der Waals surface area contributed by atoms with E-state index >= 15 is 0 Å². The fourth-order valence-electron chi connectivity index (χ4n) is 3.67. The quantitative estimate of drug-likeness (QED) is 0.698. The third kappa shape index (κ3) is 4.93. The zero-order valence-corrected chi connectivity index (χ0v) is 16.7. The Balaban J connectivity index is 0.000000339. The fraction of sp³-hybridized carbons (Fsp3) is 0.389. The first kappa shape index (κ1) is 22.9. The molecule has 2 aliphatic heterocycles. The molecular weight excluding hydrogens is 444 g/mol. The number of sulfonamides is 1. The summed E-state index contributed by atoms with van der Waals surface area (Å²) in [6.07, 6.45) is -0.220. The molecule has 8 nitrogen and oxygen atoms in total. The van der Waals surface area contributed by atoms with E-state index in [4.69, 9.17) is 9.90 Å². The molecule has 0 spiro atoms. The first-order valence-corrected chi connectivity index (χ1v) is 10.6. The van der Waals surface area contributed by atoms with Gasteiger partial charge in [-0.2, -0.15) is 17.5 Å². The van der Waals surface area contributed by atoms with Crippen molar-refractivity contribution in [2.24, 2.45) is 0 Å². The van der Waals surface area contributed by atoms with Crippen molar-refractivity contribution >= 4 is 21.9 Å². The van der Waals surface area contributed by atoms with Crippen molar-refractivity contribution in [1.29, 1.82) is 0 Å². The molecular formula is C18H18F4N4O4S. The van der Waals surface area contributed by atoms with Gasteiger partial charge in [0.25, 0.3) is 0 Å². The number of aromatic nitrogens is 2. The first-order valence-electron chi connectivity index (χ1n) is 9.13. The number of anilines is 1. The van der Waals surface area contributed by atoms with Crippen LogP contribution in [0.2, 0.25) is 0 Å². The summed E-state index contributed by atoms with van der Waals surface area (Å²) in [7, 11) is -3.62. The number of halogens is 4. The Labute approximate surface area is 175 Å². The Bertz CT molecular complexity index is 1020. The Hall–Kier alpha value is -2.80. The molecule has 31 heavy (non-hydrogen) atoms. The number of nitrogens with zero attached hydrogens (tertiary/aromatic N) is 4. The molecule has 1 aromatic carbocycles. The third-order valence-corrected chi connectivity index (χ3v) is 6.94. The summed E-state index contributed by atoms with van der Waals surface area (Å²) in [6.45, 7) is 1.19. The Morgan fingerprint density at radius 3 is 2.13 bits per heavy atom. The molecule has 2 saturated heterocycles. The largest absolute Gasteiger partial charge is 0.490 e. The predicted octanol–water partition coefficient (Wildman–Crippen LogP) is 2.29. The number of aliphatic carboxylic acids is 1. The topological polar surface area (TPSA) is 104 Å². The van der Waals surface area contributed by atoms with Crippen LogP contribution >= 0.6 is 0 Å². The fourth-order valence-corrected chi connectivity index (χ4v) is 5.37. The van der Waals surface area contributed by atoms with E-state index in [1.54, 1.807) is 22.8 Å². The second kappa shape index (κ2) is 8.75. The lowest BCUT2D eigenvalue weighted by Crippen LogP contribution is -2.40. The zero-order chi connectivity index (χ0) is 22.8. The molecule has 0 radical (unpaired) electrons. The van der Waals surface area contributed by atoms with E-state index in [0.29, 0.717) is 12.5 Å². The number of benzene rings is 1. The minimum absolute atomic E-state index is 0.0858. The summed E-state index contributed by atoms with van der Waals surface area (Å²) in [5, 5.41) is 7.12. The highest BCUT2D eigenvalue weighted by Gasteiger charge is 2.48. The van der Waals surface area contributed by atoms with Crippen LogP contribution in [0.25, 0.3) is 0 Å². The van der Waals surface area contributed by atoms with Gasteiger partial charge in [-0.1, -0.05) is 0 Å². The molecule has 0 saturated carbocycles. The highest BCUT2D eigenvalue weighted by Crippen LogP contribution is 2.36. The van der Waals surface area contributed by atoms with Crippen molar-refractivity contribution in [2.75, 3.05) is 18.0 Å². The van der Waals surface area contributed by atoms with Crippen LogP contribution in [0.3, 0.4) is 0 Å². The average molecular weight is 462 g/mol. The van der Waals surface area contributed by atoms with Gasteiger partial charge in [0.1, 0.15) is 5.82 Å². The highest BCUT2D eigenvalue weighted by molar-refractivity contribution is 7.89. The van der Waals surface area contributed by atoms with E-state index in [1.807, 2.05) is 0 Å².